The Bertz CT molecular complexity index is 177. The van der Waals surface area contributed by atoms with Crippen molar-refractivity contribution in [1.29, 1.82) is 0 Å². The van der Waals surface area contributed by atoms with E-state index in [2.05, 4.69) is 13.8 Å². The van der Waals surface area contributed by atoms with E-state index >= 15 is 0 Å². The topological polar surface area (TPSA) is 0 Å². The molecule has 0 aliphatic carbocycles. The first kappa shape index (κ1) is 21.2. The highest BCUT2D eigenvalue weighted by atomic mass is 28.1. The Kier molecular flexibility index (Phi) is 18.5. The summed E-state index contributed by atoms with van der Waals surface area (Å²) in [6.45, 7) is 6.40. The van der Waals surface area contributed by atoms with Gasteiger partial charge in [0.15, 0.2) is 0 Å². The summed E-state index contributed by atoms with van der Waals surface area (Å²) in [4.78, 5) is 0. The molecule has 0 aromatic carbocycles. The van der Waals surface area contributed by atoms with Crippen LogP contribution in [0.15, 0.2) is 0 Å². The lowest BCUT2D eigenvalue weighted by atomic mass is 10.0. The molecule has 1 radical (unpaired) electrons. The second kappa shape index (κ2) is 18.3. The van der Waals surface area contributed by atoms with Gasteiger partial charge in [0.1, 0.15) is 0 Å². The number of rotatable bonds is 17. The molecule has 127 valence electrons. The van der Waals surface area contributed by atoms with Crippen LogP contribution >= 0.6 is 0 Å². The highest BCUT2D eigenvalue weighted by Gasteiger charge is 1.96. The molecule has 0 saturated carbocycles. The van der Waals surface area contributed by atoms with Crippen LogP contribution in [0.3, 0.4) is 0 Å². The van der Waals surface area contributed by atoms with Crippen LogP contribution in [0.5, 0.6) is 0 Å². The summed E-state index contributed by atoms with van der Waals surface area (Å²) in [5, 5.41) is 0. The van der Waals surface area contributed by atoms with E-state index < -0.39 is 0 Å². The van der Waals surface area contributed by atoms with E-state index in [0.717, 1.165) is 5.54 Å². The van der Waals surface area contributed by atoms with Crippen molar-refractivity contribution in [3.8, 4) is 0 Å². The fourth-order valence-electron chi connectivity index (χ4n) is 3.04. The number of hydrogen-bond acceptors (Lipinski definition) is 0. The van der Waals surface area contributed by atoms with Gasteiger partial charge in [-0.1, -0.05) is 129 Å². The summed E-state index contributed by atoms with van der Waals surface area (Å²) >= 11 is 0. The maximum absolute atomic E-state index is 4.11. The van der Waals surface area contributed by atoms with Crippen molar-refractivity contribution < 1.29 is 0 Å². The predicted molar refractivity (Wildman–Crippen MR) is 103 cm³/mol. The fraction of sp³-hybridized carbons (Fsp3) is 0.950. The minimum absolute atomic E-state index is 0.789. The molecule has 21 heavy (non-hydrogen) atoms. The lowest BCUT2D eigenvalue weighted by Gasteiger charge is -2.04. The fourth-order valence-corrected chi connectivity index (χ4v) is 3.45. The maximum Gasteiger partial charge on any atom is 0.00672 e. The van der Waals surface area contributed by atoms with E-state index in [1.807, 2.05) is 0 Å². The third-order valence-electron chi connectivity index (χ3n) is 4.55. The number of unbranched alkanes of at least 4 members (excludes halogenated alkanes) is 15. The van der Waals surface area contributed by atoms with Gasteiger partial charge in [-0.15, -0.1) is 0 Å². The average molecular weight is 312 g/mol. The molecule has 0 nitrogen and oxygen atoms in total. The zero-order chi connectivity index (χ0) is 15.6. The van der Waals surface area contributed by atoms with Crippen LogP contribution in [0, 0.1) is 6.92 Å². The Morgan fingerprint density at radius 3 is 1.14 bits per heavy atom. The summed E-state index contributed by atoms with van der Waals surface area (Å²) < 4.78 is 0. The molecule has 0 aliphatic heterocycles. The predicted octanol–water partition coefficient (Wildman–Crippen LogP) is 6.63. The van der Waals surface area contributed by atoms with Crippen molar-refractivity contribution in [1.82, 2.24) is 0 Å². The van der Waals surface area contributed by atoms with Crippen LogP contribution in [0.25, 0.3) is 0 Å². The SMILES string of the molecule is [CH2]C([SiH3])CCCCCCCCCCCCCCCCCC. The van der Waals surface area contributed by atoms with E-state index in [0.29, 0.717) is 0 Å². The second-order valence-electron chi connectivity index (χ2n) is 7.20. The normalized spacial score (nSPS) is 12.9. The molecular weight excluding hydrogens is 268 g/mol. The number of hydrogen-bond donors (Lipinski definition) is 0. The zero-order valence-corrected chi connectivity index (χ0v) is 17.3. The van der Waals surface area contributed by atoms with Crippen LogP contribution < -0.4 is 0 Å². The van der Waals surface area contributed by atoms with E-state index in [-0.39, 0.29) is 0 Å². The first-order valence-corrected chi connectivity index (χ1v) is 11.3. The Morgan fingerprint density at radius 1 is 0.571 bits per heavy atom. The summed E-state index contributed by atoms with van der Waals surface area (Å²) in [5.74, 6) is 0. The zero-order valence-electron chi connectivity index (χ0n) is 15.3. The van der Waals surface area contributed by atoms with Gasteiger partial charge in [-0.3, -0.25) is 0 Å². The van der Waals surface area contributed by atoms with Crippen molar-refractivity contribution in [3.05, 3.63) is 6.92 Å². The Labute approximate surface area is 139 Å². The first-order chi connectivity index (χ1) is 10.3. The maximum atomic E-state index is 4.11. The molecule has 0 fully saturated rings. The van der Waals surface area contributed by atoms with E-state index in [9.17, 15) is 0 Å². The third kappa shape index (κ3) is 20.2. The molecule has 0 spiro atoms. The summed E-state index contributed by atoms with van der Waals surface area (Å²) in [6, 6.07) is 0. The van der Waals surface area contributed by atoms with Gasteiger partial charge in [0, 0.05) is 10.2 Å². The van der Waals surface area contributed by atoms with E-state index in [1.165, 1.54) is 119 Å². The molecule has 0 N–H and O–H groups in total. The van der Waals surface area contributed by atoms with Gasteiger partial charge >= 0.3 is 0 Å². The molecule has 0 saturated heterocycles. The van der Waals surface area contributed by atoms with E-state index in [4.69, 9.17) is 0 Å². The van der Waals surface area contributed by atoms with Crippen LogP contribution in [0.1, 0.15) is 116 Å². The van der Waals surface area contributed by atoms with Gasteiger partial charge in [0.25, 0.3) is 0 Å². The molecule has 0 heterocycles. The molecule has 0 aliphatic rings. The van der Waals surface area contributed by atoms with Crippen LogP contribution in [-0.2, 0) is 0 Å². The lowest BCUT2D eigenvalue weighted by Crippen LogP contribution is -1.87. The molecule has 1 unspecified atom stereocenters. The van der Waals surface area contributed by atoms with Crippen molar-refractivity contribution in [3.63, 3.8) is 0 Å². The first-order valence-electron chi connectivity index (χ1n) is 10.1. The Balaban J connectivity index is 2.93. The molecule has 1 atom stereocenters. The van der Waals surface area contributed by atoms with Gasteiger partial charge in [-0.05, 0) is 0 Å². The standard InChI is InChI=1S/C20H43Si/c1-3-4-5-6-7-8-9-10-11-12-13-14-15-16-17-18-19-20(2)21/h20H,2-19H2,1,21H3. The quantitative estimate of drug-likeness (QED) is 0.209. The largest absolute Gasteiger partial charge is 0.0654 e. The van der Waals surface area contributed by atoms with Gasteiger partial charge in [0.2, 0.25) is 0 Å². The molecule has 0 rings (SSSR count). The third-order valence-corrected chi connectivity index (χ3v) is 5.13. The van der Waals surface area contributed by atoms with Gasteiger partial charge in [0.05, 0.1) is 0 Å². The monoisotopic (exact) mass is 311 g/mol. The minimum Gasteiger partial charge on any atom is -0.0654 e. The summed E-state index contributed by atoms with van der Waals surface area (Å²) in [7, 11) is 1.28. The van der Waals surface area contributed by atoms with Crippen molar-refractivity contribution in [2.24, 2.45) is 0 Å². The van der Waals surface area contributed by atoms with Gasteiger partial charge in [-0.25, -0.2) is 0 Å². The molecule has 0 aromatic rings. The van der Waals surface area contributed by atoms with Crippen LogP contribution in [0.2, 0.25) is 5.54 Å². The summed E-state index contributed by atoms with van der Waals surface area (Å²) in [5.41, 5.74) is 0.789. The van der Waals surface area contributed by atoms with Crippen molar-refractivity contribution in [2.45, 2.75) is 122 Å². The lowest BCUT2D eigenvalue weighted by molar-refractivity contribution is 0.527. The van der Waals surface area contributed by atoms with Crippen LogP contribution in [0.4, 0.5) is 0 Å². The van der Waals surface area contributed by atoms with Crippen molar-refractivity contribution >= 4 is 10.2 Å². The molecular formula is C20H43Si. The van der Waals surface area contributed by atoms with Crippen LogP contribution in [-0.4, -0.2) is 10.2 Å². The van der Waals surface area contributed by atoms with Crippen molar-refractivity contribution in [2.75, 3.05) is 0 Å². The highest BCUT2D eigenvalue weighted by Crippen LogP contribution is 2.15. The smallest absolute Gasteiger partial charge is 0.00672 e. The minimum atomic E-state index is 0.789. The molecule has 1 heteroatoms. The average Bonchev–Trinajstić information content (AvgIpc) is 2.46. The molecule has 0 amide bonds. The Morgan fingerprint density at radius 2 is 0.857 bits per heavy atom. The summed E-state index contributed by atoms with van der Waals surface area (Å²) in [6.07, 6.45) is 24.8. The highest BCUT2D eigenvalue weighted by molar-refractivity contribution is 6.12. The molecule has 0 aromatic heterocycles. The second-order valence-corrected chi connectivity index (χ2v) is 8.83. The van der Waals surface area contributed by atoms with Gasteiger partial charge < -0.3 is 0 Å². The van der Waals surface area contributed by atoms with E-state index in [1.54, 1.807) is 0 Å². The Hall–Kier alpha value is 0.217. The molecule has 0 bridgehead atoms. The van der Waals surface area contributed by atoms with Gasteiger partial charge in [-0.2, -0.15) is 0 Å².